The first kappa shape index (κ1) is 43.0. The molecule has 0 unspecified atom stereocenters. The molecule has 343 valence electrons. The Labute approximate surface area is 418 Å². The van der Waals surface area contributed by atoms with Crippen LogP contribution in [0.5, 0.6) is 0 Å². The van der Waals surface area contributed by atoms with Gasteiger partial charge in [-0.1, -0.05) is 151 Å². The van der Waals surface area contributed by atoms with Crippen molar-refractivity contribution in [1.82, 2.24) is 19.5 Å². The van der Waals surface area contributed by atoms with Gasteiger partial charge in [-0.2, -0.15) is 0 Å². The van der Waals surface area contributed by atoms with Crippen molar-refractivity contribution in [2.24, 2.45) is 0 Å². The summed E-state index contributed by atoms with van der Waals surface area (Å²) in [6.45, 7) is 17.7. The normalized spacial score (nSPS) is 13.7. The molecule has 0 aliphatic heterocycles. The Bertz CT molecular complexity index is 3580. The van der Waals surface area contributed by atoms with Crippen molar-refractivity contribution in [3.63, 3.8) is 0 Å². The second-order valence-electron chi connectivity index (χ2n) is 19.8. The number of hydrogen-bond acceptors (Lipinski definition) is 4. The third kappa shape index (κ3) is 8.16. The number of aryl methyl sites for hydroxylation is 1. The van der Waals surface area contributed by atoms with Gasteiger partial charge >= 0.3 is 0 Å². The Hall–Kier alpha value is -6.31. The summed E-state index contributed by atoms with van der Waals surface area (Å²) >= 11 is 0. The maximum absolute atomic E-state index is 12.8. The molecule has 0 saturated heterocycles. The molecule has 4 aromatic heterocycles. The number of fused-ring (bicyclic) bond motifs is 7. The van der Waals surface area contributed by atoms with Gasteiger partial charge in [-0.15, -0.1) is 48.0 Å². The molecule has 1 aliphatic rings. The summed E-state index contributed by atoms with van der Waals surface area (Å²) in [7, 11) is -1.30. The second kappa shape index (κ2) is 18.0. The van der Waals surface area contributed by atoms with Crippen molar-refractivity contribution in [3.8, 4) is 50.7 Å². The molecular formula is C60H55FIrN4OSi-2. The van der Waals surface area contributed by atoms with Crippen molar-refractivity contribution in [2.45, 2.75) is 85.3 Å². The smallest absolute Gasteiger partial charge is 0.216 e. The second-order valence-corrected chi connectivity index (χ2v) is 24.9. The standard InChI is InChI=1S/C46H40N3O.C14H15FNSi.Ir/c1-26(2)34-23-30(29-16-9-8-10-17-29)24-35(27(3)4)42(34)49-41-28(5)15-13-22-39(41)47-44(49)33-20-14-19-31-36-25-38-40(48-45(36)50-43(31)33)32-18-11-12-21-37(32)46(38,6)7;1-17(2,3)13-8-9-14(16-10-13)11-4-6-12(15)7-5-11;/h8-19,21-27H,1-7H3;4,6-10H,1-3H3;/q2*-1;/i5D3;;. The molecule has 0 spiro atoms. The molecular weight excluding hydrogens is 1030 g/mol. The molecule has 0 saturated carbocycles. The number of pyridine rings is 2. The summed E-state index contributed by atoms with van der Waals surface area (Å²) < 4.78 is 47.6. The zero-order chi connectivity index (χ0) is 49.4. The van der Waals surface area contributed by atoms with Crippen molar-refractivity contribution in [1.29, 1.82) is 0 Å². The fraction of sp³-hybridized carbons (Fsp3) is 0.217. The zero-order valence-electron chi connectivity index (χ0n) is 42.8. The van der Waals surface area contributed by atoms with Crippen LogP contribution >= 0.6 is 0 Å². The summed E-state index contributed by atoms with van der Waals surface area (Å²) in [5, 5.41) is 3.17. The fourth-order valence-corrected chi connectivity index (χ4v) is 10.6. The number of para-hydroxylation sites is 1. The molecule has 0 amide bonds. The summed E-state index contributed by atoms with van der Waals surface area (Å²) in [6.07, 6.45) is 1.93. The van der Waals surface area contributed by atoms with Gasteiger partial charge < -0.3 is 14.0 Å². The Balaban J connectivity index is 0.000000294. The molecule has 1 aliphatic carbocycles. The molecule has 4 heterocycles. The summed E-state index contributed by atoms with van der Waals surface area (Å²) in [6, 6.07) is 49.9. The Morgan fingerprint density at radius 3 is 2.15 bits per heavy atom. The van der Waals surface area contributed by atoms with Gasteiger partial charge in [-0.25, -0.2) is 4.98 Å². The third-order valence-electron chi connectivity index (χ3n) is 13.3. The number of imidazole rings is 1. The van der Waals surface area contributed by atoms with E-state index in [0.29, 0.717) is 33.7 Å². The van der Waals surface area contributed by atoms with Crippen LogP contribution < -0.4 is 5.19 Å². The molecule has 0 N–H and O–H groups in total. The maximum Gasteiger partial charge on any atom is 0.216 e. The first-order chi connectivity index (χ1) is 33.3. The number of halogens is 1. The van der Waals surface area contributed by atoms with Gasteiger partial charge in [0.25, 0.3) is 0 Å². The molecule has 1 radical (unpaired) electrons. The van der Waals surface area contributed by atoms with Crippen LogP contribution in [0.25, 0.3) is 83.8 Å². The van der Waals surface area contributed by atoms with E-state index in [1.165, 1.54) is 28.4 Å². The largest absolute Gasteiger partial charge is 0.486 e. The van der Waals surface area contributed by atoms with Crippen molar-refractivity contribution >= 4 is 46.4 Å². The minimum absolute atomic E-state index is 0. The molecule has 68 heavy (non-hydrogen) atoms. The molecule has 11 rings (SSSR count). The van der Waals surface area contributed by atoms with Gasteiger partial charge in [-0.05, 0) is 92.8 Å². The molecule has 0 atom stereocenters. The average molecular weight is 1090 g/mol. The third-order valence-corrected chi connectivity index (χ3v) is 15.3. The molecule has 10 aromatic rings. The summed E-state index contributed by atoms with van der Waals surface area (Å²) in [4.78, 5) is 14.8. The first-order valence-electron chi connectivity index (χ1n) is 24.6. The van der Waals surface area contributed by atoms with Gasteiger partial charge in [-0.3, -0.25) is 9.37 Å². The Morgan fingerprint density at radius 2 is 1.49 bits per heavy atom. The maximum atomic E-state index is 12.8. The number of benzene rings is 6. The molecule has 0 fully saturated rings. The minimum Gasteiger partial charge on any atom is -0.486 e. The summed E-state index contributed by atoms with van der Waals surface area (Å²) in [5.41, 5.74) is 14.6. The molecule has 0 bridgehead atoms. The van der Waals surface area contributed by atoms with Crippen molar-refractivity contribution < 1.29 is 33.0 Å². The van der Waals surface area contributed by atoms with Crippen molar-refractivity contribution in [3.05, 3.63) is 185 Å². The van der Waals surface area contributed by atoms with Crippen LogP contribution in [0.15, 0.2) is 144 Å². The number of furan rings is 1. The number of rotatable bonds is 7. The minimum atomic E-state index is -2.38. The van der Waals surface area contributed by atoms with Crippen LogP contribution in [0.4, 0.5) is 4.39 Å². The molecule has 6 aromatic carbocycles. The van der Waals surface area contributed by atoms with Crippen LogP contribution in [0, 0.1) is 24.8 Å². The van der Waals surface area contributed by atoms with E-state index in [4.69, 9.17) is 18.5 Å². The number of aromatic nitrogens is 4. The monoisotopic (exact) mass is 1090 g/mol. The topological polar surface area (TPSA) is 56.7 Å². The van der Waals surface area contributed by atoms with E-state index in [9.17, 15) is 4.39 Å². The molecule has 5 nitrogen and oxygen atoms in total. The van der Waals surface area contributed by atoms with Crippen LogP contribution in [0.2, 0.25) is 19.6 Å². The van der Waals surface area contributed by atoms with E-state index in [1.54, 1.807) is 18.2 Å². The quantitative estimate of drug-likeness (QED) is 0.118. The SMILES string of the molecule is C[Si](C)(C)c1ccc(-c2[c-]cc(F)cc2)nc1.[2H]C([2H])([2H])c1cccc2nc(-c3[c-]ccc4c3oc3nc5c(cc34)C(C)(C)c3ccccc3-5)n(-c3c(C(C)C)cc(-c4ccccc4)cc3C(C)C)c12.[Ir]. The fourth-order valence-electron chi connectivity index (χ4n) is 9.58. The van der Waals surface area contributed by atoms with E-state index in [1.807, 2.05) is 36.5 Å². The van der Waals surface area contributed by atoms with Gasteiger partial charge in [0.15, 0.2) is 0 Å². The van der Waals surface area contributed by atoms with Crippen LogP contribution in [-0.2, 0) is 25.5 Å². The van der Waals surface area contributed by atoms with Gasteiger partial charge in [0.2, 0.25) is 5.71 Å². The van der Waals surface area contributed by atoms with Crippen LogP contribution in [0.3, 0.4) is 0 Å². The Morgan fingerprint density at radius 1 is 0.750 bits per heavy atom. The van der Waals surface area contributed by atoms with E-state index < -0.39 is 14.9 Å². The summed E-state index contributed by atoms with van der Waals surface area (Å²) in [5.74, 6) is 0.531. The predicted molar refractivity (Wildman–Crippen MR) is 278 cm³/mol. The number of hydrogen-bond donors (Lipinski definition) is 0. The number of nitrogens with zero attached hydrogens (tertiary/aromatic N) is 4. The van der Waals surface area contributed by atoms with Crippen LogP contribution in [0.1, 0.15) is 85.3 Å². The van der Waals surface area contributed by atoms with Gasteiger partial charge in [0, 0.05) is 58.3 Å². The van der Waals surface area contributed by atoms with E-state index >= 15 is 0 Å². The van der Waals surface area contributed by atoms with Gasteiger partial charge in [0.1, 0.15) is 0 Å². The average Bonchev–Trinajstić information content (AvgIpc) is 3.98. The predicted octanol–water partition coefficient (Wildman–Crippen LogP) is 15.5. The van der Waals surface area contributed by atoms with E-state index in [2.05, 4.69) is 156 Å². The van der Waals surface area contributed by atoms with Gasteiger partial charge in [0.05, 0.1) is 36.2 Å². The molecule has 8 heteroatoms. The first-order valence-corrected chi connectivity index (χ1v) is 26.6. The zero-order valence-corrected chi connectivity index (χ0v) is 43.2. The van der Waals surface area contributed by atoms with E-state index in [-0.39, 0.29) is 48.7 Å². The van der Waals surface area contributed by atoms with Crippen LogP contribution in [-0.4, -0.2) is 27.6 Å². The van der Waals surface area contributed by atoms with Crippen molar-refractivity contribution in [2.75, 3.05) is 0 Å². The van der Waals surface area contributed by atoms with E-state index in [0.717, 1.165) is 61.2 Å². The Kier molecular flexibility index (Phi) is 11.4.